The molecule has 2 aromatic heterocycles. The van der Waals surface area contributed by atoms with Gasteiger partial charge in [0.15, 0.2) is 0 Å². The van der Waals surface area contributed by atoms with Crippen molar-refractivity contribution in [1.82, 2.24) is 15.1 Å². The molecule has 0 aromatic carbocycles. The van der Waals surface area contributed by atoms with Crippen LogP contribution < -0.4 is 5.32 Å². The standard InChI is InChI=1S/C25H36N4OS/c1-16-17(15-29(5)28-16)14-26-24-22(23(30)27-19-9-7-6-8-10-19)20-12-11-18(25(2,3)4)13-21(20)31-24/h14-15,18-19H,6-13H2,1-5H3,(H,27,30)/t18-/m1/s1. The van der Waals surface area contributed by atoms with Gasteiger partial charge in [0.25, 0.3) is 5.91 Å². The Balaban J connectivity index is 1.66. The van der Waals surface area contributed by atoms with E-state index in [1.165, 1.54) is 29.7 Å². The highest BCUT2D eigenvalue weighted by atomic mass is 32.1. The normalized spacial score (nSPS) is 20.2. The number of carbonyl (C=O) groups is 1. The van der Waals surface area contributed by atoms with Crippen LogP contribution in [0.5, 0.6) is 0 Å². The van der Waals surface area contributed by atoms with Crippen molar-refractivity contribution in [2.24, 2.45) is 23.4 Å². The van der Waals surface area contributed by atoms with Crippen LogP contribution in [0.15, 0.2) is 11.2 Å². The second-order valence-electron chi connectivity index (χ2n) is 10.4. The van der Waals surface area contributed by atoms with Gasteiger partial charge in [0, 0.05) is 35.9 Å². The Morgan fingerprint density at radius 3 is 2.65 bits per heavy atom. The maximum atomic E-state index is 13.4. The van der Waals surface area contributed by atoms with Crippen molar-refractivity contribution < 1.29 is 4.79 Å². The third-order valence-electron chi connectivity index (χ3n) is 7.01. The SMILES string of the molecule is Cc1nn(C)cc1C=Nc1sc2c(c1C(=O)NC1CCCCC1)CC[C@@H](C(C)(C)C)C2. The molecule has 168 valence electrons. The summed E-state index contributed by atoms with van der Waals surface area (Å²) in [6.45, 7) is 8.98. The van der Waals surface area contributed by atoms with Crippen molar-refractivity contribution >= 4 is 28.5 Å². The van der Waals surface area contributed by atoms with Crippen LogP contribution in [0.3, 0.4) is 0 Å². The molecule has 2 aromatic rings. The van der Waals surface area contributed by atoms with Gasteiger partial charge < -0.3 is 5.32 Å². The number of aliphatic imine (C=N–C) groups is 1. The molecule has 1 atom stereocenters. The quantitative estimate of drug-likeness (QED) is 0.615. The summed E-state index contributed by atoms with van der Waals surface area (Å²) in [7, 11) is 1.92. The van der Waals surface area contributed by atoms with Gasteiger partial charge in [-0.05, 0) is 55.9 Å². The third kappa shape index (κ3) is 4.94. The molecule has 1 amide bonds. The van der Waals surface area contributed by atoms with Gasteiger partial charge in [0.1, 0.15) is 5.00 Å². The monoisotopic (exact) mass is 440 g/mol. The average Bonchev–Trinajstić information content (AvgIpc) is 3.24. The molecule has 6 heteroatoms. The summed E-state index contributed by atoms with van der Waals surface area (Å²) < 4.78 is 1.81. The number of aryl methyl sites for hydroxylation is 2. The average molecular weight is 441 g/mol. The number of fused-ring (bicyclic) bond motifs is 1. The Morgan fingerprint density at radius 2 is 2.00 bits per heavy atom. The van der Waals surface area contributed by atoms with E-state index in [4.69, 9.17) is 4.99 Å². The summed E-state index contributed by atoms with van der Waals surface area (Å²) in [5.41, 5.74) is 4.31. The molecule has 1 saturated carbocycles. The van der Waals surface area contributed by atoms with E-state index in [0.29, 0.717) is 12.0 Å². The van der Waals surface area contributed by atoms with Gasteiger partial charge in [0.2, 0.25) is 0 Å². The topological polar surface area (TPSA) is 59.3 Å². The second kappa shape index (κ2) is 8.89. The molecule has 1 fully saturated rings. The van der Waals surface area contributed by atoms with Crippen molar-refractivity contribution in [3.8, 4) is 0 Å². The summed E-state index contributed by atoms with van der Waals surface area (Å²) in [4.78, 5) is 19.6. The minimum atomic E-state index is 0.0775. The summed E-state index contributed by atoms with van der Waals surface area (Å²) in [5.74, 6) is 0.721. The molecule has 2 aliphatic carbocycles. The fourth-order valence-corrected chi connectivity index (χ4v) is 6.28. The lowest BCUT2D eigenvalue weighted by Gasteiger charge is -2.34. The fraction of sp³-hybridized carbons (Fsp3) is 0.640. The molecule has 2 heterocycles. The number of amides is 1. The van der Waals surface area contributed by atoms with E-state index < -0.39 is 0 Å². The van der Waals surface area contributed by atoms with E-state index in [1.54, 1.807) is 16.0 Å². The zero-order chi connectivity index (χ0) is 22.2. The first-order valence-corrected chi connectivity index (χ1v) is 12.5. The number of nitrogens with zero attached hydrogens (tertiary/aromatic N) is 3. The molecule has 0 unspecified atom stereocenters. The summed E-state index contributed by atoms with van der Waals surface area (Å²) in [5, 5.41) is 8.61. The number of rotatable bonds is 4. The molecule has 1 N–H and O–H groups in total. The smallest absolute Gasteiger partial charge is 0.254 e. The van der Waals surface area contributed by atoms with Gasteiger partial charge in [-0.1, -0.05) is 40.0 Å². The van der Waals surface area contributed by atoms with Crippen LogP contribution in [0, 0.1) is 18.3 Å². The van der Waals surface area contributed by atoms with Crippen molar-refractivity contribution in [3.05, 3.63) is 33.5 Å². The summed E-state index contributed by atoms with van der Waals surface area (Å²) in [6, 6.07) is 0.306. The van der Waals surface area contributed by atoms with Crippen molar-refractivity contribution in [2.75, 3.05) is 0 Å². The molecule has 0 saturated heterocycles. The van der Waals surface area contributed by atoms with E-state index in [-0.39, 0.29) is 11.3 Å². The Labute approximate surface area is 190 Å². The van der Waals surface area contributed by atoms with Gasteiger partial charge in [-0.25, -0.2) is 4.99 Å². The van der Waals surface area contributed by atoms with Gasteiger partial charge >= 0.3 is 0 Å². The van der Waals surface area contributed by atoms with E-state index >= 15 is 0 Å². The van der Waals surface area contributed by atoms with Crippen LogP contribution in [-0.2, 0) is 19.9 Å². The van der Waals surface area contributed by atoms with Gasteiger partial charge in [-0.3, -0.25) is 9.48 Å². The first kappa shape index (κ1) is 22.3. The van der Waals surface area contributed by atoms with Crippen molar-refractivity contribution in [3.63, 3.8) is 0 Å². The minimum Gasteiger partial charge on any atom is -0.349 e. The summed E-state index contributed by atoms with van der Waals surface area (Å²) >= 11 is 1.72. The molecule has 0 spiro atoms. The molecule has 0 aliphatic heterocycles. The number of thiophene rings is 1. The Kier molecular flexibility index (Phi) is 6.38. The van der Waals surface area contributed by atoms with Crippen LogP contribution in [0.4, 0.5) is 5.00 Å². The molecule has 31 heavy (non-hydrogen) atoms. The number of nitrogens with one attached hydrogen (secondary N) is 1. The molecule has 4 rings (SSSR count). The molecular weight excluding hydrogens is 404 g/mol. The maximum absolute atomic E-state index is 13.4. The predicted molar refractivity (Wildman–Crippen MR) is 129 cm³/mol. The molecule has 0 bridgehead atoms. The molecular formula is C25H36N4OS. The van der Waals surface area contributed by atoms with Crippen LogP contribution in [0.2, 0.25) is 0 Å². The van der Waals surface area contributed by atoms with Crippen molar-refractivity contribution in [1.29, 1.82) is 0 Å². The molecule has 0 radical (unpaired) electrons. The minimum absolute atomic E-state index is 0.0775. The first-order valence-electron chi connectivity index (χ1n) is 11.7. The fourth-order valence-electron chi connectivity index (χ4n) is 5.01. The third-order valence-corrected chi connectivity index (χ3v) is 8.17. The largest absolute Gasteiger partial charge is 0.349 e. The lowest BCUT2D eigenvalue weighted by atomic mass is 9.72. The summed E-state index contributed by atoms with van der Waals surface area (Å²) in [6.07, 6.45) is 12.9. The van der Waals surface area contributed by atoms with E-state index in [2.05, 4.69) is 31.2 Å². The highest BCUT2D eigenvalue weighted by Crippen LogP contribution is 2.45. The zero-order valence-electron chi connectivity index (χ0n) is 19.6. The first-order chi connectivity index (χ1) is 14.7. The van der Waals surface area contributed by atoms with E-state index in [1.807, 2.05) is 26.4 Å². The molecule has 2 aliphatic rings. The van der Waals surface area contributed by atoms with Crippen LogP contribution >= 0.6 is 11.3 Å². The highest BCUT2D eigenvalue weighted by molar-refractivity contribution is 7.16. The van der Waals surface area contributed by atoms with Crippen LogP contribution in [-0.4, -0.2) is 27.9 Å². The molecule has 5 nitrogen and oxygen atoms in total. The van der Waals surface area contributed by atoms with Crippen LogP contribution in [0.1, 0.15) is 91.4 Å². The van der Waals surface area contributed by atoms with Gasteiger partial charge in [-0.15, -0.1) is 11.3 Å². The maximum Gasteiger partial charge on any atom is 0.254 e. The highest BCUT2D eigenvalue weighted by Gasteiger charge is 2.34. The Hall–Kier alpha value is -1.95. The van der Waals surface area contributed by atoms with E-state index in [0.717, 1.165) is 53.9 Å². The van der Waals surface area contributed by atoms with E-state index in [9.17, 15) is 4.79 Å². The lowest BCUT2D eigenvalue weighted by Crippen LogP contribution is -2.36. The second-order valence-corrected chi connectivity index (χ2v) is 11.5. The Morgan fingerprint density at radius 1 is 1.26 bits per heavy atom. The number of aromatic nitrogens is 2. The van der Waals surface area contributed by atoms with Crippen molar-refractivity contribution in [2.45, 2.75) is 85.1 Å². The predicted octanol–water partition coefficient (Wildman–Crippen LogP) is 5.75. The van der Waals surface area contributed by atoms with Gasteiger partial charge in [-0.2, -0.15) is 5.10 Å². The number of carbonyl (C=O) groups excluding carboxylic acids is 1. The van der Waals surface area contributed by atoms with Crippen LogP contribution in [0.25, 0.3) is 0 Å². The number of hydrogen-bond acceptors (Lipinski definition) is 4. The number of hydrogen-bond donors (Lipinski definition) is 1. The zero-order valence-corrected chi connectivity index (χ0v) is 20.4. The lowest BCUT2D eigenvalue weighted by molar-refractivity contribution is 0.0927. The van der Waals surface area contributed by atoms with Gasteiger partial charge in [0.05, 0.1) is 11.3 Å². The Bertz CT molecular complexity index is 973.